The van der Waals surface area contributed by atoms with Gasteiger partial charge in [0.05, 0.1) is 6.54 Å². The van der Waals surface area contributed by atoms with E-state index in [4.69, 9.17) is 5.73 Å². The summed E-state index contributed by atoms with van der Waals surface area (Å²) >= 11 is 0. The first kappa shape index (κ1) is 11.0. The second kappa shape index (κ2) is 4.62. The fraction of sp³-hybridized carbons (Fsp3) is 0.231. The van der Waals surface area contributed by atoms with Crippen molar-refractivity contribution in [1.82, 2.24) is 19.7 Å². The zero-order valence-electron chi connectivity index (χ0n) is 10.0. The first-order valence-electron chi connectivity index (χ1n) is 5.98. The molecule has 0 fully saturated rings. The van der Waals surface area contributed by atoms with Crippen molar-refractivity contribution in [2.45, 2.75) is 13.0 Å². The SMILES string of the molecule is NCCc1c[nH]c2ccc(Cn3cncn3)cc12. The molecular weight excluding hydrogens is 226 g/mol. The molecule has 1 aromatic carbocycles. The molecule has 0 aliphatic rings. The van der Waals surface area contributed by atoms with Crippen molar-refractivity contribution in [1.29, 1.82) is 0 Å². The average Bonchev–Trinajstić information content (AvgIpc) is 3.00. The minimum Gasteiger partial charge on any atom is -0.361 e. The number of H-pyrrole nitrogens is 1. The third-order valence-corrected chi connectivity index (χ3v) is 3.06. The maximum absolute atomic E-state index is 5.62. The van der Waals surface area contributed by atoms with Crippen LogP contribution in [0, 0.1) is 0 Å². The third-order valence-electron chi connectivity index (χ3n) is 3.06. The lowest BCUT2D eigenvalue weighted by molar-refractivity contribution is 0.685. The molecule has 2 heterocycles. The van der Waals surface area contributed by atoms with Gasteiger partial charge in [-0.2, -0.15) is 5.10 Å². The summed E-state index contributed by atoms with van der Waals surface area (Å²) in [4.78, 5) is 7.22. The van der Waals surface area contributed by atoms with E-state index in [1.54, 1.807) is 12.7 Å². The van der Waals surface area contributed by atoms with Gasteiger partial charge in [0.15, 0.2) is 0 Å². The number of fused-ring (bicyclic) bond motifs is 1. The van der Waals surface area contributed by atoms with Crippen molar-refractivity contribution in [2.24, 2.45) is 5.73 Å². The van der Waals surface area contributed by atoms with Gasteiger partial charge in [-0.25, -0.2) is 9.67 Å². The van der Waals surface area contributed by atoms with Gasteiger partial charge in [0, 0.05) is 17.1 Å². The molecule has 0 amide bonds. The Labute approximate surface area is 105 Å². The summed E-state index contributed by atoms with van der Waals surface area (Å²) < 4.78 is 1.82. The Bertz CT molecular complexity index is 639. The van der Waals surface area contributed by atoms with Crippen LogP contribution in [-0.2, 0) is 13.0 Å². The maximum Gasteiger partial charge on any atom is 0.137 e. The number of nitrogens with one attached hydrogen (secondary N) is 1. The van der Waals surface area contributed by atoms with Gasteiger partial charge in [-0.15, -0.1) is 0 Å². The first-order chi connectivity index (χ1) is 8.86. The van der Waals surface area contributed by atoms with Gasteiger partial charge in [0.25, 0.3) is 0 Å². The van der Waals surface area contributed by atoms with E-state index in [1.807, 2.05) is 10.9 Å². The Kier molecular flexibility index (Phi) is 2.82. The van der Waals surface area contributed by atoms with Gasteiger partial charge < -0.3 is 10.7 Å². The fourth-order valence-corrected chi connectivity index (χ4v) is 2.19. The molecule has 0 aliphatic carbocycles. The lowest BCUT2D eigenvalue weighted by Crippen LogP contribution is -2.02. The molecule has 0 unspecified atom stereocenters. The van der Waals surface area contributed by atoms with Gasteiger partial charge in [0.1, 0.15) is 12.7 Å². The molecule has 0 saturated heterocycles. The molecule has 0 aliphatic heterocycles. The second-order valence-electron chi connectivity index (χ2n) is 4.33. The maximum atomic E-state index is 5.62. The van der Waals surface area contributed by atoms with E-state index in [2.05, 4.69) is 33.3 Å². The average molecular weight is 241 g/mol. The number of nitrogens with zero attached hydrogens (tertiary/aromatic N) is 3. The summed E-state index contributed by atoms with van der Waals surface area (Å²) in [5, 5.41) is 5.36. The van der Waals surface area contributed by atoms with Crippen LogP contribution >= 0.6 is 0 Å². The molecule has 92 valence electrons. The zero-order chi connectivity index (χ0) is 12.4. The molecule has 3 N–H and O–H groups in total. The monoisotopic (exact) mass is 241 g/mol. The Morgan fingerprint density at radius 3 is 3.06 bits per heavy atom. The van der Waals surface area contributed by atoms with Crippen LogP contribution < -0.4 is 5.73 Å². The summed E-state index contributed by atoms with van der Waals surface area (Å²) in [6, 6.07) is 6.40. The molecule has 18 heavy (non-hydrogen) atoms. The highest BCUT2D eigenvalue weighted by Gasteiger charge is 2.04. The minimum absolute atomic E-state index is 0.667. The van der Waals surface area contributed by atoms with Crippen molar-refractivity contribution < 1.29 is 0 Å². The largest absolute Gasteiger partial charge is 0.361 e. The summed E-state index contributed by atoms with van der Waals surface area (Å²) in [5.74, 6) is 0. The summed E-state index contributed by atoms with van der Waals surface area (Å²) in [7, 11) is 0. The van der Waals surface area contributed by atoms with Gasteiger partial charge in [-0.05, 0) is 36.2 Å². The van der Waals surface area contributed by atoms with E-state index in [0.717, 1.165) is 18.5 Å². The van der Waals surface area contributed by atoms with Crippen LogP contribution in [0.3, 0.4) is 0 Å². The molecule has 2 aromatic heterocycles. The van der Waals surface area contributed by atoms with Crippen LogP contribution in [0.25, 0.3) is 10.9 Å². The fourth-order valence-electron chi connectivity index (χ4n) is 2.19. The quantitative estimate of drug-likeness (QED) is 0.723. The predicted octanol–water partition coefficient (Wildman–Crippen LogP) is 1.31. The van der Waals surface area contributed by atoms with Crippen LogP contribution in [0.2, 0.25) is 0 Å². The predicted molar refractivity (Wildman–Crippen MR) is 70.2 cm³/mol. The summed E-state index contributed by atoms with van der Waals surface area (Å²) in [5.41, 5.74) is 9.26. The molecule has 0 atom stereocenters. The van der Waals surface area contributed by atoms with E-state index in [0.29, 0.717) is 6.54 Å². The Morgan fingerprint density at radius 2 is 2.28 bits per heavy atom. The van der Waals surface area contributed by atoms with E-state index in [9.17, 15) is 0 Å². The molecule has 3 rings (SSSR count). The topological polar surface area (TPSA) is 72.5 Å². The van der Waals surface area contributed by atoms with E-state index in [-0.39, 0.29) is 0 Å². The number of benzene rings is 1. The summed E-state index contributed by atoms with van der Waals surface area (Å²) in [6.45, 7) is 1.41. The van der Waals surface area contributed by atoms with Gasteiger partial charge in [-0.1, -0.05) is 6.07 Å². The van der Waals surface area contributed by atoms with Crippen LogP contribution in [0.5, 0.6) is 0 Å². The molecule has 5 nitrogen and oxygen atoms in total. The van der Waals surface area contributed by atoms with Gasteiger partial charge in [-0.3, -0.25) is 0 Å². The molecule has 0 saturated carbocycles. The highest BCUT2D eigenvalue weighted by atomic mass is 15.3. The molecule has 0 bridgehead atoms. The number of aromatic amines is 1. The Morgan fingerprint density at radius 1 is 1.33 bits per heavy atom. The van der Waals surface area contributed by atoms with E-state index < -0.39 is 0 Å². The minimum atomic E-state index is 0.667. The second-order valence-corrected chi connectivity index (χ2v) is 4.33. The molecule has 5 heteroatoms. The van der Waals surface area contributed by atoms with Crippen molar-refractivity contribution in [2.75, 3.05) is 6.54 Å². The number of rotatable bonds is 4. The first-order valence-corrected chi connectivity index (χ1v) is 5.98. The number of hydrogen-bond donors (Lipinski definition) is 2. The van der Waals surface area contributed by atoms with Crippen LogP contribution in [-0.4, -0.2) is 26.3 Å². The highest BCUT2D eigenvalue weighted by Crippen LogP contribution is 2.20. The van der Waals surface area contributed by atoms with E-state index >= 15 is 0 Å². The normalized spacial score (nSPS) is 11.2. The van der Waals surface area contributed by atoms with Crippen LogP contribution in [0.4, 0.5) is 0 Å². The lowest BCUT2D eigenvalue weighted by atomic mass is 10.1. The van der Waals surface area contributed by atoms with Crippen LogP contribution in [0.1, 0.15) is 11.1 Å². The Hall–Kier alpha value is -2.14. The van der Waals surface area contributed by atoms with Crippen molar-refractivity contribution in [3.63, 3.8) is 0 Å². The molecular formula is C13H15N5. The number of nitrogens with two attached hydrogens (primary N) is 1. The third kappa shape index (κ3) is 2.00. The number of hydrogen-bond acceptors (Lipinski definition) is 3. The van der Waals surface area contributed by atoms with Crippen molar-refractivity contribution >= 4 is 10.9 Å². The smallest absolute Gasteiger partial charge is 0.137 e. The molecule has 0 spiro atoms. The lowest BCUT2D eigenvalue weighted by Gasteiger charge is -2.03. The van der Waals surface area contributed by atoms with E-state index in [1.165, 1.54) is 16.5 Å². The standard InChI is InChI=1S/C13H15N5/c14-4-3-11-6-16-13-2-1-10(5-12(11)13)7-18-9-15-8-17-18/h1-2,5-6,8-9,16H,3-4,7,14H2. The zero-order valence-corrected chi connectivity index (χ0v) is 10.0. The van der Waals surface area contributed by atoms with Gasteiger partial charge in [0.2, 0.25) is 0 Å². The summed E-state index contributed by atoms with van der Waals surface area (Å²) in [6.07, 6.45) is 6.21. The van der Waals surface area contributed by atoms with Crippen molar-refractivity contribution in [3.05, 3.63) is 48.2 Å². The van der Waals surface area contributed by atoms with Gasteiger partial charge >= 0.3 is 0 Å². The van der Waals surface area contributed by atoms with Crippen LogP contribution in [0.15, 0.2) is 37.1 Å². The highest BCUT2D eigenvalue weighted by molar-refractivity contribution is 5.83. The molecule has 0 radical (unpaired) electrons. The number of aromatic nitrogens is 4. The Balaban J connectivity index is 1.96. The molecule has 3 aromatic rings. The van der Waals surface area contributed by atoms with Crippen molar-refractivity contribution in [3.8, 4) is 0 Å².